The van der Waals surface area contributed by atoms with Gasteiger partial charge in [0, 0.05) is 19.5 Å². The summed E-state index contributed by atoms with van der Waals surface area (Å²) in [6.45, 7) is 0.479. The van der Waals surface area contributed by atoms with Gasteiger partial charge in [0.05, 0.1) is 11.4 Å². The maximum atomic E-state index is 12.5. The first-order valence-electron chi connectivity index (χ1n) is 6.31. The molecule has 5 nitrogen and oxygen atoms in total. The quantitative estimate of drug-likeness (QED) is 0.575. The Morgan fingerprint density at radius 2 is 2.05 bits per heavy atom. The van der Waals surface area contributed by atoms with Crippen LogP contribution in [0.1, 0.15) is 19.3 Å². The van der Waals surface area contributed by atoms with Crippen LogP contribution >= 0.6 is 11.6 Å². The van der Waals surface area contributed by atoms with Gasteiger partial charge in [-0.1, -0.05) is 12.5 Å². The van der Waals surface area contributed by atoms with Crippen molar-refractivity contribution in [1.82, 2.24) is 4.31 Å². The molecule has 0 spiro atoms. The summed E-state index contributed by atoms with van der Waals surface area (Å²) in [6.07, 6.45) is 2.63. The fourth-order valence-electron chi connectivity index (χ4n) is 1.88. The molecule has 8 heteroatoms. The molecule has 1 heterocycles. The molecule has 0 saturated carbocycles. The minimum absolute atomic E-state index is 0.226. The summed E-state index contributed by atoms with van der Waals surface area (Å²) in [5.74, 6) is 0.611. The summed E-state index contributed by atoms with van der Waals surface area (Å²) >= 11 is 6.63. The predicted octanol–water partition coefficient (Wildman–Crippen LogP) is 3.44. The standard InChI is InChI=1S/C12H16ClN3O2S2/c1-16(9-4-2-3-8-13)20(17,18)11-7-5-6-10-12(11)15-19-14-10/h5-7H,2-4,8-9H2,1H3. The molecular weight excluding hydrogens is 318 g/mol. The number of halogens is 1. The zero-order valence-electron chi connectivity index (χ0n) is 11.1. The van der Waals surface area contributed by atoms with Crippen LogP contribution in [0.25, 0.3) is 0 Å². The number of hydrogen-bond donors (Lipinski definition) is 0. The van der Waals surface area contributed by atoms with E-state index >= 15 is 0 Å². The van der Waals surface area contributed by atoms with Crippen LogP contribution in [0.2, 0.25) is 0 Å². The van der Waals surface area contributed by atoms with Crippen molar-refractivity contribution in [3.05, 3.63) is 18.2 Å². The van der Waals surface area contributed by atoms with Crippen molar-refractivity contribution >= 4 is 44.4 Å². The predicted molar refractivity (Wildman–Crippen MR) is 82.4 cm³/mol. The minimum Gasteiger partial charge on any atom is -0.207 e. The Labute approximate surface area is 127 Å². The second-order valence-electron chi connectivity index (χ2n) is 4.46. The molecule has 2 rings (SSSR count). The normalized spacial score (nSPS) is 13.6. The lowest BCUT2D eigenvalue weighted by Crippen LogP contribution is -2.28. The highest BCUT2D eigenvalue weighted by molar-refractivity contribution is 7.89. The molecule has 0 amide bonds. The van der Waals surface area contributed by atoms with Crippen LogP contribution < -0.4 is 0 Å². The summed E-state index contributed by atoms with van der Waals surface area (Å²) in [5, 5.41) is 0. The molecular formula is C12H16ClN3O2S2. The van der Waals surface area contributed by atoms with E-state index in [0.717, 1.165) is 30.6 Å². The van der Waals surface area contributed by atoms with E-state index < -0.39 is 10.0 Å². The number of benzene rings is 1. The van der Waals surface area contributed by atoms with Crippen LogP contribution in [0.4, 0.5) is 11.4 Å². The average Bonchev–Trinajstić information content (AvgIpc) is 2.91. The van der Waals surface area contributed by atoms with Crippen LogP contribution in [0, 0.1) is 0 Å². The summed E-state index contributed by atoms with van der Waals surface area (Å²) in [7, 11) is -1.93. The second-order valence-corrected chi connectivity index (χ2v) is 7.38. The van der Waals surface area contributed by atoms with Crippen LogP contribution in [0.3, 0.4) is 0 Å². The van der Waals surface area contributed by atoms with Crippen molar-refractivity contribution < 1.29 is 8.42 Å². The molecule has 0 saturated heterocycles. The molecule has 20 heavy (non-hydrogen) atoms. The van der Waals surface area contributed by atoms with Crippen molar-refractivity contribution in [2.24, 2.45) is 8.73 Å². The molecule has 0 bridgehead atoms. The molecule has 1 aromatic carbocycles. The first-order valence-corrected chi connectivity index (χ1v) is 9.01. The first-order chi connectivity index (χ1) is 9.57. The van der Waals surface area contributed by atoms with E-state index in [1.807, 2.05) is 0 Å². The molecule has 0 fully saturated rings. The highest BCUT2D eigenvalue weighted by atomic mass is 35.5. The maximum Gasteiger partial charge on any atom is 0.245 e. The van der Waals surface area contributed by atoms with Crippen molar-refractivity contribution in [2.45, 2.75) is 24.2 Å². The Hall–Kier alpha value is -0.760. The second kappa shape index (κ2) is 6.80. The molecule has 0 radical (unpaired) electrons. The van der Waals surface area contributed by atoms with Gasteiger partial charge in [-0.25, -0.2) is 12.7 Å². The molecule has 1 aliphatic rings. The van der Waals surface area contributed by atoms with E-state index in [1.165, 1.54) is 4.31 Å². The van der Waals surface area contributed by atoms with E-state index in [2.05, 4.69) is 8.73 Å². The Morgan fingerprint density at radius 1 is 1.25 bits per heavy atom. The van der Waals surface area contributed by atoms with Crippen molar-refractivity contribution in [1.29, 1.82) is 0 Å². The fourth-order valence-corrected chi connectivity index (χ4v) is 4.03. The zero-order valence-corrected chi connectivity index (χ0v) is 13.5. The summed E-state index contributed by atoms with van der Waals surface area (Å²) in [6, 6.07) is 5.03. The van der Waals surface area contributed by atoms with Crippen molar-refractivity contribution in [3.63, 3.8) is 0 Å². The van der Waals surface area contributed by atoms with Gasteiger partial charge in [-0.2, -0.15) is 8.73 Å². The number of sulfonamides is 1. The van der Waals surface area contributed by atoms with Crippen LogP contribution in [-0.2, 0) is 21.4 Å². The van der Waals surface area contributed by atoms with Gasteiger partial charge in [0.1, 0.15) is 16.3 Å². The number of alkyl halides is 1. The lowest BCUT2D eigenvalue weighted by atomic mass is 10.2. The number of nitrogens with zero attached hydrogens (tertiary/aromatic N) is 3. The summed E-state index contributed by atoms with van der Waals surface area (Å²) in [5.41, 5.74) is 1.07. The molecule has 0 aliphatic carbocycles. The molecule has 0 aromatic heterocycles. The van der Waals surface area contributed by atoms with Gasteiger partial charge in [0.15, 0.2) is 0 Å². The molecule has 0 atom stereocenters. The summed E-state index contributed by atoms with van der Waals surface area (Å²) in [4.78, 5) is 0.226. The third kappa shape index (κ3) is 3.28. The van der Waals surface area contributed by atoms with E-state index in [-0.39, 0.29) is 4.90 Å². The van der Waals surface area contributed by atoms with Crippen LogP contribution in [-0.4, -0.2) is 32.2 Å². The van der Waals surface area contributed by atoms with Gasteiger partial charge in [-0.15, -0.1) is 11.6 Å². The van der Waals surface area contributed by atoms with Gasteiger partial charge in [-0.3, -0.25) is 0 Å². The number of fused-ring (bicyclic) bond motifs is 1. The van der Waals surface area contributed by atoms with Gasteiger partial charge in [-0.05, 0) is 25.0 Å². The molecule has 0 N–H and O–H groups in total. The summed E-state index contributed by atoms with van der Waals surface area (Å²) < 4.78 is 34.6. The van der Waals surface area contributed by atoms with Crippen LogP contribution in [0.5, 0.6) is 0 Å². The Morgan fingerprint density at radius 3 is 2.80 bits per heavy atom. The van der Waals surface area contributed by atoms with E-state index in [0.29, 0.717) is 23.8 Å². The van der Waals surface area contributed by atoms with Gasteiger partial charge >= 0.3 is 0 Å². The minimum atomic E-state index is -3.52. The topological polar surface area (TPSA) is 62.1 Å². The molecule has 1 aliphatic heterocycles. The smallest absolute Gasteiger partial charge is 0.207 e. The van der Waals surface area contributed by atoms with Crippen LogP contribution in [0.15, 0.2) is 31.8 Å². The maximum absolute atomic E-state index is 12.5. The van der Waals surface area contributed by atoms with E-state index in [9.17, 15) is 8.42 Å². The van der Waals surface area contributed by atoms with Gasteiger partial charge < -0.3 is 0 Å². The van der Waals surface area contributed by atoms with E-state index in [4.69, 9.17) is 11.6 Å². The van der Waals surface area contributed by atoms with Crippen molar-refractivity contribution in [2.75, 3.05) is 19.5 Å². The first kappa shape index (κ1) is 15.6. The fraction of sp³-hybridized carbons (Fsp3) is 0.500. The Balaban J connectivity index is 2.15. The lowest BCUT2D eigenvalue weighted by Gasteiger charge is -2.17. The number of hydrogen-bond acceptors (Lipinski definition) is 4. The largest absolute Gasteiger partial charge is 0.245 e. The van der Waals surface area contributed by atoms with E-state index in [1.54, 1.807) is 25.2 Å². The Kier molecular flexibility index (Phi) is 5.31. The molecule has 1 aromatic rings. The van der Waals surface area contributed by atoms with Gasteiger partial charge in [0.2, 0.25) is 10.0 Å². The lowest BCUT2D eigenvalue weighted by molar-refractivity contribution is 0.455. The molecule has 110 valence electrons. The number of unbranched alkanes of at least 4 members (excludes halogenated alkanes) is 2. The Bertz CT molecular complexity index is 655. The highest BCUT2D eigenvalue weighted by Gasteiger charge is 2.26. The monoisotopic (exact) mass is 333 g/mol. The SMILES string of the molecule is CN(CCCCCCl)S(=O)(=O)c1cccc2c1N=S=N2. The number of rotatable bonds is 7. The third-order valence-corrected chi connectivity index (χ3v) is 5.74. The third-order valence-electron chi connectivity index (χ3n) is 3.04. The average molecular weight is 334 g/mol. The molecule has 0 unspecified atom stereocenters. The van der Waals surface area contributed by atoms with Gasteiger partial charge in [0.25, 0.3) is 0 Å². The van der Waals surface area contributed by atoms with Crippen molar-refractivity contribution in [3.8, 4) is 0 Å². The zero-order chi connectivity index (χ0) is 14.6. The highest BCUT2D eigenvalue weighted by Crippen LogP contribution is 2.38.